The Morgan fingerprint density at radius 1 is 1.25 bits per heavy atom. The van der Waals surface area contributed by atoms with Crippen molar-refractivity contribution in [1.82, 2.24) is 15.2 Å². The average Bonchev–Trinajstić information content (AvgIpc) is 3.34. The minimum absolute atomic E-state index is 0.230. The Bertz CT molecular complexity index is 1200. The first-order chi connectivity index (χ1) is 15.5. The van der Waals surface area contributed by atoms with Crippen LogP contribution in [0.5, 0.6) is 5.75 Å². The first-order valence-corrected chi connectivity index (χ1v) is 11.4. The fraction of sp³-hybridized carbons (Fsp3) is 0.208. The average molecular weight is 466 g/mol. The number of fused-ring (bicyclic) bond motifs is 1. The van der Waals surface area contributed by atoms with Crippen LogP contribution in [0.25, 0.3) is 17.0 Å². The van der Waals surface area contributed by atoms with E-state index >= 15 is 0 Å². The number of para-hydroxylation sites is 1. The lowest BCUT2D eigenvalue weighted by Crippen LogP contribution is -2.47. The molecular formula is C24H23N3O3S2. The summed E-state index contributed by atoms with van der Waals surface area (Å²) in [6.45, 7) is 2.17. The van der Waals surface area contributed by atoms with Crippen molar-refractivity contribution < 1.29 is 14.3 Å². The number of benzene rings is 2. The number of ether oxygens (including phenoxy) is 1. The van der Waals surface area contributed by atoms with Gasteiger partial charge in [-0.25, -0.2) is 0 Å². The van der Waals surface area contributed by atoms with Crippen molar-refractivity contribution in [2.45, 2.75) is 19.4 Å². The van der Waals surface area contributed by atoms with Crippen LogP contribution in [0, 0.1) is 0 Å². The molecule has 1 unspecified atom stereocenters. The third-order valence-corrected chi connectivity index (χ3v) is 6.70. The fourth-order valence-electron chi connectivity index (χ4n) is 3.59. The molecule has 2 amide bonds. The van der Waals surface area contributed by atoms with Gasteiger partial charge in [-0.1, -0.05) is 54.3 Å². The van der Waals surface area contributed by atoms with Crippen LogP contribution in [-0.2, 0) is 16.0 Å². The maximum absolute atomic E-state index is 12.9. The van der Waals surface area contributed by atoms with E-state index in [1.165, 1.54) is 16.7 Å². The van der Waals surface area contributed by atoms with Gasteiger partial charge in [0.2, 0.25) is 5.91 Å². The van der Waals surface area contributed by atoms with Gasteiger partial charge in [0, 0.05) is 23.6 Å². The molecule has 0 spiro atoms. The highest BCUT2D eigenvalue weighted by molar-refractivity contribution is 8.26. The molecule has 1 atom stereocenters. The standard InChI is InChI=1S/C24H23N3O3S2/c1-15(22(28)25-12-11-17-14-26-20-6-4-3-5-19(17)20)27-23(29)21(32-24(27)31)13-16-7-9-18(30-2)10-8-16/h3-10,13-15,26H,11-12H2,1-2H3,(H,25,28)/b21-13-. The molecule has 32 heavy (non-hydrogen) atoms. The number of aromatic amines is 1. The molecule has 164 valence electrons. The Kier molecular flexibility index (Phi) is 6.62. The van der Waals surface area contributed by atoms with Gasteiger partial charge in [-0.2, -0.15) is 0 Å². The quantitative estimate of drug-likeness (QED) is 0.406. The van der Waals surface area contributed by atoms with Gasteiger partial charge in [0.05, 0.1) is 12.0 Å². The smallest absolute Gasteiger partial charge is 0.266 e. The van der Waals surface area contributed by atoms with Crippen LogP contribution in [0.4, 0.5) is 0 Å². The van der Waals surface area contributed by atoms with E-state index in [9.17, 15) is 9.59 Å². The van der Waals surface area contributed by atoms with Crippen LogP contribution in [0.1, 0.15) is 18.1 Å². The summed E-state index contributed by atoms with van der Waals surface area (Å²) in [6, 6.07) is 14.8. The third-order valence-electron chi connectivity index (χ3n) is 5.37. The van der Waals surface area contributed by atoms with E-state index < -0.39 is 6.04 Å². The normalized spacial score (nSPS) is 16.1. The predicted molar refractivity (Wildman–Crippen MR) is 132 cm³/mol. The Morgan fingerprint density at radius 2 is 2.00 bits per heavy atom. The molecule has 4 rings (SSSR count). The number of H-pyrrole nitrogens is 1. The summed E-state index contributed by atoms with van der Waals surface area (Å²) in [4.78, 5) is 30.8. The Morgan fingerprint density at radius 3 is 2.75 bits per heavy atom. The number of thiocarbonyl (C=S) groups is 1. The van der Waals surface area contributed by atoms with Crippen molar-refractivity contribution in [3.8, 4) is 5.75 Å². The van der Waals surface area contributed by atoms with Crippen molar-refractivity contribution in [2.24, 2.45) is 0 Å². The number of rotatable bonds is 7. The Hall–Kier alpha value is -3.10. The second-order valence-electron chi connectivity index (χ2n) is 7.40. The SMILES string of the molecule is COc1ccc(/C=C2\SC(=S)N(C(C)C(=O)NCCc3c[nH]c4ccccc34)C2=O)cc1. The summed E-state index contributed by atoms with van der Waals surface area (Å²) in [5.41, 5.74) is 3.08. The van der Waals surface area contributed by atoms with Gasteiger partial charge in [0.1, 0.15) is 16.1 Å². The minimum atomic E-state index is -0.688. The molecule has 1 aromatic heterocycles. The summed E-state index contributed by atoms with van der Waals surface area (Å²) in [5.74, 6) is 0.259. The number of nitrogens with one attached hydrogen (secondary N) is 2. The van der Waals surface area contributed by atoms with Crippen LogP contribution < -0.4 is 10.1 Å². The number of hydrogen-bond acceptors (Lipinski definition) is 5. The van der Waals surface area contributed by atoms with Crippen molar-refractivity contribution in [3.05, 3.63) is 70.8 Å². The molecule has 0 bridgehead atoms. The van der Waals surface area contributed by atoms with Gasteiger partial charge in [-0.15, -0.1) is 0 Å². The molecule has 0 radical (unpaired) electrons. The molecule has 2 N–H and O–H groups in total. The van der Waals surface area contributed by atoms with E-state index in [1.807, 2.05) is 48.7 Å². The zero-order valence-electron chi connectivity index (χ0n) is 17.8. The highest BCUT2D eigenvalue weighted by Crippen LogP contribution is 2.34. The number of nitrogens with zero attached hydrogens (tertiary/aromatic N) is 1. The topological polar surface area (TPSA) is 74.4 Å². The summed E-state index contributed by atoms with van der Waals surface area (Å²) in [6.07, 6.45) is 4.44. The van der Waals surface area contributed by atoms with E-state index in [0.717, 1.165) is 27.8 Å². The summed E-state index contributed by atoms with van der Waals surface area (Å²) in [7, 11) is 1.60. The van der Waals surface area contributed by atoms with E-state index in [4.69, 9.17) is 17.0 Å². The molecule has 2 aromatic carbocycles. The van der Waals surface area contributed by atoms with Crippen LogP contribution in [0.15, 0.2) is 59.6 Å². The van der Waals surface area contributed by atoms with Crippen molar-refractivity contribution in [2.75, 3.05) is 13.7 Å². The highest BCUT2D eigenvalue weighted by atomic mass is 32.2. The van der Waals surface area contributed by atoms with Crippen molar-refractivity contribution in [1.29, 1.82) is 0 Å². The van der Waals surface area contributed by atoms with E-state index in [1.54, 1.807) is 20.1 Å². The molecule has 0 saturated carbocycles. The molecule has 1 aliphatic rings. The van der Waals surface area contributed by atoms with Gasteiger partial charge in [0.25, 0.3) is 5.91 Å². The van der Waals surface area contributed by atoms with Gasteiger partial charge in [0.15, 0.2) is 0 Å². The zero-order chi connectivity index (χ0) is 22.7. The molecule has 0 aliphatic carbocycles. The fourth-order valence-corrected chi connectivity index (χ4v) is 5.01. The molecule has 1 saturated heterocycles. The number of aromatic nitrogens is 1. The number of carbonyl (C=O) groups excluding carboxylic acids is 2. The number of amides is 2. The van der Waals surface area contributed by atoms with Gasteiger partial charge >= 0.3 is 0 Å². The van der Waals surface area contributed by atoms with Crippen molar-refractivity contribution in [3.63, 3.8) is 0 Å². The monoisotopic (exact) mass is 465 g/mol. The lowest BCUT2D eigenvalue weighted by atomic mass is 10.1. The van der Waals surface area contributed by atoms with Crippen LogP contribution >= 0.6 is 24.0 Å². The van der Waals surface area contributed by atoms with Crippen LogP contribution in [0.3, 0.4) is 0 Å². The van der Waals surface area contributed by atoms with Gasteiger partial charge in [-0.05, 0) is 48.7 Å². The maximum Gasteiger partial charge on any atom is 0.266 e. The molecule has 3 aromatic rings. The molecular weight excluding hydrogens is 442 g/mol. The summed E-state index contributed by atoms with van der Waals surface area (Å²) >= 11 is 6.61. The summed E-state index contributed by atoms with van der Waals surface area (Å²) < 4.78 is 5.54. The third kappa shape index (κ3) is 4.56. The number of thioether (sulfide) groups is 1. The first kappa shape index (κ1) is 22.1. The second-order valence-corrected chi connectivity index (χ2v) is 9.08. The first-order valence-electron chi connectivity index (χ1n) is 10.2. The van der Waals surface area contributed by atoms with Gasteiger partial charge < -0.3 is 15.0 Å². The molecule has 6 nitrogen and oxygen atoms in total. The van der Waals surface area contributed by atoms with Crippen LogP contribution in [0.2, 0.25) is 0 Å². The highest BCUT2D eigenvalue weighted by Gasteiger charge is 2.38. The predicted octanol–water partition coefficient (Wildman–Crippen LogP) is 4.13. The minimum Gasteiger partial charge on any atom is -0.497 e. The second kappa shape index (κ2) is 9.58. The Balaban J connectivity index is 1.37. The van der Waals surface area contributed by atoms with Crippen LogP contribution in [-0.4, -0.2) is 45.7 Å². The molecule has 1 aliphatic heterocycles. The number of hydrogen-bond donors (Lipinski definition) is 2. The Labute approximate surface area is 196 Å². The lowest BCUT2D eigenvalue weighted by Gasteiger charge is -2.22. The molecule has 8 heteroatoms. The molecule has 2 heterocycles. The largest absolute Gasteiger partial charge is 0.497 e. The van der Waals surface area contributed by atoms with E-state index in [2.05, 4.69) is 16.4 Å². The number of methoxy groups -OCH3 is 1. The number of carbonyl (C=O) groups is 2. The lowest BCUT2D eigenvalue weighted by molar-refractivity contribution is -0.132. The maximum atomic E-state index is 12.9. The summed E-state index contributed by atoms with van der Waals surface area (Å²) in [5, 5.41) is 4.08. The van der Waals surface area contributed by atoms with E-state index in [0.29, 0.717) is 22.2 Å². The molecule has 1 fully saturated rings. The zero-order valence-corrected chi connectivity index (χ0v) is 19.4. The van der Waals surface area contributed by atoms with Crippen molar-refractivity contribution >= 4 is 57.1 Å². The van der Waals surface area contributed by atoms with Gasteiger partial charge in [-0.3, -0.25) is 14.5 Å². The van der Waals surface area contributed by atoms with E-state index in [-0.39, 0.29) is 11.8 Å².